The normalized spacial score (nSPS) is 18.4. The molecule has 1 aromatic heterocycles. The number of hydrogen-bond donors (Lipinski definition) is 0. The van der Waals surface area contributed by atoms with Crippen LogP contribution in [0.2, 0.25) is 0 Å². The summed E-state index contributed by atoms with van der Waals surface area (Å²) in [5.74, 6) is -0.444. The van der Waals surface area contributed by atoms with Crippen molar-refractivity contribution in [3.05, 3.63) is 86.1 Å². The molecule has 1 atom stereocenters. The molecule has 1 aliphatic heterocycles. The number of hydrogen-bond acceptors (Lipinski definition) is 6. The van der Waals surface area contributed by atoms with Crippen LogP contribution in [0.4, 0.5) is 19.0 Å². The summed E-state index contributed by atoms with van der Waals surface area (Å²) in [6.45, 7) is 0.580. The lowest BCUT2D eigenvalue weighted by atomic mass is 10.1. The molecule has 2 heterocycles. The quantitative estimate of drug-likeness (QED) is 0.548. The van der Waals surface area contributed by atoms with Crippen LogP contribution in [-0.2, 0) is 19.6 Å². The van der Waals surface area contributed by atoms with Gasteiger partial charge < -0.3 is 9.64 Å². The standard InChI is InChI=1S/C25H23F3N4O4/c1-30-23(34)22(29-32(24(30)35)19-14-15-6-2-3-7-17(15)21(19)33)31-12-10-16(11-13-31)36-20-9-5-4-8-18(20)25(26,27)28/h2-9,16,19H,10-14H2,1H3. The highest BCUT2D eigenvalue weighted by molar-refractivity contribution is 6.03. The number of fused-ring (bicyclic) bond motifs is 1. The number of carbonyl (C=O) groups excluding carboxylic acids is 1. The number of Topliss-reactive ketones (excluding diaryl/α,β-unsaturated/α-hetero) is 1. The minimum absolute atomic E-state index is 0.0231. The number of ketones is 1. The fourth-order valence-corrected chi connectivity index (χ4v) is 4.76. The zero-order chi connectivity index (χ0) is 25.6. The van der Waals surface area contributed by atoms with Crippen molar-refractivity contribution in [2.45, 2.75) is 37.6 Å². The van der Waals surface area contributed by atoms with Gasteiger partial charge in [-0.1, -0.05) is 36.4 Å². The van der Waals surface area contributed by atoms with Crippen LogP contribution in [0.3, 0.4) is 0 Å². The number of nitrogens with zero attached hydrogens (tertiary/aromatic N) is 4. The van der Waals surface area contributed by atoms with E-state index in [1.165, 1.54) is 25.2 Å². The van der Waals surface area contributed by atoms with Gasteiger partial charge in [-0.05, 0) is 17.7 Å². The Morgan fingerprint density at radius 2 is 1.64 bits per heavy atom. The summed E-state index contributed by atoms with van der Waals surface area (Å²) in [5, 5.41) is 4.31. The van der Waals surface area contributed by atoms with Crippen molar-refractivity contribution in [1.82, 2.24) is 14.3 Å². The maximum atomic E-state index is 13.3. The predicted molar refractivity (Wildman–Crippen MR) is 125 cm³/mol. The van der Waals surface area contributed by atoms with E-state index in [-0.39, 0.29) is 30.4 Å². The fraction of sp³-hybridized carbons (Fsp3) is 0.360. The van der Waals surface area contributed by atoms with Crippen molar-refractivity contribution in [1.29, 1.82) is 0 Å². The number of aromatic nitrogens is 3. The van der Waals surface area contributed by atoms with Gasteiger partial charge in [-0.25, -0.2) is 9.48 Å². The van der Waals surface area contributed by atoms with Crippen molar-refractivity contribution in [2.24, 2.45) is 7.05 Å². The molecule has 11 heteroatoms. The van der Waals surface area contributed by atoms with E-state index in [0.29, 0.717) is 24.8 Å². The Bertz CT molecular complexity index is 1440. The van der Waals surface area contributed by atoms with Crippen molar-refractivity contribution >= 4 is 11.6 Å². The van der Waals surface area contributed by atoms with Crippen LogP contribution in [0.1, 0.15) is 40.4 Å². The molecule has 36 heavy (non-hydrogen) atoms. The molecule has 5 rings (SSSR count). The lowest BCUT2D eigenvalue weighted by Crippen LogP contribution is -2.48. The van der Waals surface area contributed by atoms with E-state index in [2.05, 4.69) is 5.10 Å². The number of carbonyl (C=O) groups is 1. The van der Waals surface area contributed by atoms with Crippen molar-refractivity contribution in [3.63, 3.8) is 0 Å². The lowest BCUT2D eigenvalue weighted by Gasteiger charge is -2.33. The molecule has 1 aliphatic carbocycles. The van der Waals surface area contributed by atoms with Gasteiger partial charge in [-0.2, -0.15) is 13.2 Å². The molecule has 0 amide bonds. The Labute approximate surface area is 203 Å². The van der Waals surface area contributed by atoms with E-state index in [9.17, 15) is 27.6 Å². The first-order chi connectivity index (χ1) is 17.1. The van der Waals surface area contributed by atoms with Gasteiger partial charge in [0.2, 0.25) is 5.82 Å². The van der Waals surface area contributed by atoms with Crippen LogP contribution in [0.15, 0.2) is 58.1 Å². The third kappa shape index (κ3) is 4.18. The van der Waals surface area contributed by atoms with Crippen LogP contribution < -0.4 is 20.9 Å². The summed E-state index contributed by atoms with van der Waals surface area (Å²) >= 11 is 0. The Kier molecular flexibility index (Phi) is 5.93. The average molecular weight is 500 g/mol. The molecular formula is C25H23F3N4O4. The molecule has 1 fully saturated rings. The van der Waals surface area contributed by atoms with E-state index in [1.807, 2.05) is 12.1 Å². The molecule has 2 aromatic carbocycles. The van der Waals surface area contributed by atoms with Crippen LogP contribution in [0, 0.1) is 0 Å². The number of anilines is 1. The fourth-order valence-electron chi connectivity index (χ4n) is 4.76. The number of para-hydroxylation sites is 1. The van der Waals surface area contributed by atoms with Gasteiger partial charge in [0, 0.05) is 45.0 Å². The molecule has 0 spiro atoms. The number of ether oxygens (including phenoxy) is 1. The zero-order valence-electron chi connectivity index (χ0n) is 19.4. The molecule has 3 aromatic rings. The molecule has 0 N–H and O–H groups in total. The summed E-state index contributed by atoms with van der Waals surface area (Å²) in [6, 6.07) is 11.3. The van der Waals surface area contributed by atoms with E-state index >= 15 is 0 Å². The largest absolute Gasteiger partial charge is 0.490 e. The van der Waals surface area contributed by atoms with Crippen LogP contribution in [-0.4, -0.2) is 39.3 Å². The molecule has 1 unspecified atom stereocenters. The molecular weight excluding hydrogens is 477 g/mol. The van der Waals surface area contributed by atoms with E-state index in [4.69, 9.17) is 4.74 Å². The topological polar surface area (TPSA) is 86.4 Å². The second kappa shape index (κ2) is 8.96. The molecule has 0 bridgehead atoms. The van der Waals surface area contributed by atoms with Gasteiger partial charge in [0.15, 0.2) is 5.78 Å². The monoisotopic (exact) mass is 500 g/mol. The van der Waals surface area contributed by atoms with Crippen molar-refractivity contribution in [3.8, 4) is 5.75 Å². The molecule has 2 aliphatic rings. The summed E-state index contributed by atoms with van der Waals surface area (Å²) < 4.78 is 47.6. The van der Waals surface area contributed by atoms with Crippen molar-refractivity contribution < 1.29 is 22.7 Å². The van der Waals surface area contributed by atoms with Gasteiger partial charge in [-0.15, -0.1) is 5.10 Å². The van der Waals surface area contributed by atoms with Gasteiger partial charge in [0.25, 0.3) is 5.56 Å². The van der Waals surface area contributed by atoms with Crippen molar-refractivity contribution in [2.75, 3.05) is 18.0 Å². The average Bonchev–Trinajstić information content (AvgIpc) is 3.19. The highest BCUT2D eigenvalue weighted by atomic mass is 19.4. The van der Waals surface area contributed by atoms with E-state index in [1.54, 1.807) is 17.0 Å². The molecule has 8 nitrogen and oxygen atoms in total. The van der Waals surface area contributed by atoms with Crippen LogP contribution >= 0.6 is 0 Å². The second-order valence-electron chi connectivity index (χ2n) is 8.95. The second-order valence-corrected chi connectivity index (χ2v) is 8.95. The van der Waals surface area contributed by atoms with E-state index in [0.717, 1.165) is 20.9 Å². The summed E-state index contributed by atoms with van der Waals surface area (Å²) in [6.07, 6.45) is -4.01. The van der Waals surface area contributed by atoms with Gasteiger partial charge >= 0.3 is 11.9 Å². The Balaban J connectivity index is 1.36. The number of benzene rings is 2. The van der Waals surface area contributed by atoms with Crippen LogP contribution in [0.5, 0.6) is 5.75 Å². The Morgan fingerprint density at radius 1 is 0.972 bits per heavy atom. The van der Waals surface area contributed by atoms with E-state index < -0.39 is 35.1 Å². The number of halogens is 3. The first-order valence-electron chi connectivity index (χ1n) is 11.5. The first-order valence-corrected chi connectivity index (χ1v) is 11.5. The smallest absolute Gasteiger partial charge is 0.419 e. The zero-order valence-corrected chi connectivity index (χ0v) is 19.4. The summed E-state index contributed by atoms with van der Waals surface area (Å²) in [5.41, 5.74) is -0.771. The summed E-state index contributed by atoms with van der Waals surface area (Å²) in [4.78, 5) is 40.4. The minimum atomic E-state index is -4.53. The lowest BCUT2D eigenvalue weighted by molar-refractivity contribution is -0.139. The maximum Gasteiger partial charge on any atom is 0.419 e. The van der Waals surface area contributed by atoms with Crippen LogP contribution in [0.25, 0.3) is 0 Å². The highest BCUT2D eigenvalue weighted by Gasteiger charge is 2.36. The number of piperidine rings is 1. The number of rotatable bonds is 4. The maximum absolute atomic E-state index is 13.3. The summed E-state index contributed by atoms with van der Waals surface area (Å²) in [7, 11) is 1.34. The third-order valence-electron chi connectivity index (χ3n) is 6.70. The third-order valence-corrected chi connectivity index (χ3v) is 6.70. The van der Waals surface area contributed by atoms with Gasteiger partial charge in [0.05, 0.1) is 5.56 Å². The molecule has 0 saturated carbocycles. The molecule has 188 valence electrons. The first kappa shape index (κ1) is 23.8. The number of alkyl halides is 3. The minimum Gasteiger partial charge on any atom is -0.490 e. The Hall–Kier alpha value is -3.89. The molecule has 1 saturated heterocycles. The Morgan fingerprint density at radius 3 is 2.33 bits per heavy atom. The SMILES string of the molecule is Cn1c(=O)c(N2CCC(Oc3ccccc3C(F)(F)F)CC2)nn(C2Cc3ccccc3C2=O)c1=O. The highest BCUT2D eigenvalue weighted by Crippen LogP contribution is 2.37. The molecule has 0 radical (unpaired) electrons. The van der Waals surface area contributed by atoms with Gasteiger partial charge in [0.1, 0.15) is 17.9 Å². The van der Waals surface area contributed by atoms with Gasteiger partial charge in [-0.3, -0.25) is 14.2 Å². The predicted octanol–water partition coefficient (Wildman–Crippen LogP) is 2.99.